The predicted molar refractivity (Wildman–Crippen MR) is 89.3 cm³/mol. The van der Waals surface area contributed by atoms with Gasteiger partial charge >= 0.3 is 0 Å². The normalized spacial score (nSPS) is 11.1. The van der Waals surface area contributed by atoms with Crippen LogP contribution >= 0.6 is 0 Å². The Labute approximate surface area is 130 Å². The van der Waals surface area contributed by atoms with Gasteiger partial charge in [0, 0.05) is 30.7 Å². The van der Waals surface area contributed by atoms with Crippen molar-refractivity contribution in [1.29, 1.82) is 0 Å². The fourth-order valence-electron chi connectivity index (χ4n) is 2.63. The van der Waals surface area contributed by atoms with Crippen LogP contribution in [0.2, 0.25) is 0 Å². The Hall–Kier alpha value is -2.43. The summed E-state index contributed by atoms with van der Waals surface area (Å²) in [5, 5.41) is 5.36. The summed E-state index contributed by atoms with van der Waals surface area (Å²) in [6, 6.07) is 5.99. The van der Waals surface area contributed by atoms with Crippen LogP contribution in [0.4, 0.5) is 5.82 Å². The zero-order valence-corrected chi connectivity index (χ0v) is 12.9. The highest BCUT2D eigenvalue weighted by molar-refractivity contribution is 5.89. The van der Waals surface area contributed by atoms with Crippen molar-refractivity contribution in [3.63, 3.8) is 0 Å². The third kappa shape index (κ3) is 2.93. The first-order valence-electron chi connectivity index (χ1n) is 7.82. The third-order valence-corrected chi connectivity index (χ3v) is 3.85. The third-order valence-electron chi connectivity index (χ3n) is 3.85. The molecule has 0 aliphatic carbocycles. The van der Waals surface area contributed by atoms with Gasteiger partial charge in [-0.1, -0.05) is 26.2 Å². The van der Waals surface area contributed by atoms with E-state index < -0.39 is 0 Å². The molecule has 0 spiro atoms. The molecule has 2 N–H and O–H groups in total. The number of nitrogen functional groups attached to an aromatic ring is 1. The van der Waals surface area contributed by atoms with E-state index in [9.17, 15) is 0 Å². The molecule has 0 aromatic carbocycles. The molecule has 3 heterocycles. The van der Waals surface area contributed by atoms with E-state index in [2.05, 4.69) is 28.1 Å². The number of nitrogens with two attached hydrogens (primary N) is 1. The van der Waals surface area contributed by atoms with Crippen LogP contribution in [0.25, 0.3) is 22.2 Å². The number of hydrogen-bond donors (Lipinski definition) is 1. The van der Waals surface area contributed by atoms with E-state index >= 15 is 0 Å². The zero-order chi connectivity index (χ0) is 15.4. The second-order valence-electron chi connectivity index (χ2n) is 5.50. The van der Waals surface area contributed by atoms with Crippen molar-refractivity contribution >= 4 is 16.9 Å². The van der Waals surface area contributed by atoms with E-state index in [0.29, 0.717) is 5.82 Å². The van der Waals surface area contributed by atoms with E-state index in [1.807, 2.05) is 23.0 Å². The topological polar surface area (TPSA) is 69.6 Å². The van der Waals surface area contributed by atoms with E-state index in [4.69, 9.17) is 5.73 Å². The molecule has 3 aromatic rings. The Kier molecular flexibility index (Phi) is 4.32. The Morgan fingerprint density at radius 2 is 1.91 bits per heavy atom. The van der Waals surface area contributed by atoms with Crippen LogP contribution < -0.4 is 5.73 Å². The summed E-state index contributed by atoms with van der Waals surface area (Å²) in [5.41, 5.74) is 9.05. The van der Waals surface area contributed by atoms with Crippen molar-refractivity contribution in [2.45, 2.75) is 39.2 Å². The molecule has 0 aliphatic heterocycles. The molecule has 0 amide bonds. The van der Waals surface area contributed by atoms with Crippen LogP contribution in [0, 0.1) is 0 Å². The van der Waals surface area contributed by atoms with Gasteiger partial charge in [-0.3, -0.25) is 4.98 Å². The summed E-state index contributed by atoms with van der Waals surface area (Å²) in [7, 11) is 0. The monoisotopic (exact) mass is 295 g/mol. The number of hydrogen-bond acceptors (Lipinski definition) is 4. The summed E-state index contributed by atoms with van der Waals surface area (Å²) in [6.45, 7) is 3.08. The van der Waals surface area contributed by atoms with Crippen LogP contribution in [0.3, 0.4) is 0 Å². The van der Waals surface area contributed by atoms with Gasteiger partial charge in [-0.05, 0) is 30.2 Å². The van der Waals surface area contributed by atoms with Gasteiger partial charge in [-0.15, -0.1) is 0 Å². The van der Waals surface area contributed by atoms with Crippen molar-refractivity contribution < 1.29 is 0 Å². The quantitative estimate of drug-likeness (QED) is 0.705. The minimum absolute atomic E-state index is 0.550. The number of aromatic nitrogens is 4. The largest absolute Gasteiger partial charge is 0.382 e. The number of nitrogens with zero attached hydrogens (tertiary/aromatic N) is 4. The summed E-state index contributed by atoms with van der Waals surface area (Å²) < 4.78 is 1.93. The lowest BCUT2D eigenvalue weighted by Crippen LogP contribution is -2.01. The highest BCUT2D eigenvalue weighted by Crippen LogP contribution is 2.25. The second-order valence-corrected chi connectivity index (χ2v) is 5.50. The summed E-state index contributed by atoms with van der Waals surface area (Å²) in [6.07, 6.45) is 10.2. The summed E-state index contributed by atoms with van der Waals surface area (Å²) >= 11 is 0. The molecule has 0 saturated heterocycles. The first-order chi connectivity index (χ1) is 10.8. The highest BCUT2D eigenvalue weighted by atomic mass is 15.3. The van der Waals surface area contributed by atoms with Gasteiger partial charge in [0.05, 0.1) is 5.39 Å². The molecule has 5 nitrogen and oxygen atoms in total. The van der Waals surface area contributed by atoms with Crippen LogP contribution in [0.5, 0.6) is 0 Å². The fourth-order valence-corrected chi connectivity index (χ4v) is 2.63. The van der Waals surface area contributed by atoms with Gasteiger partial charge in [0.15, 0.2) is 11.5 Å². The standard InChI is InChI=1S/C17H21N5/c1-2-3-4-5-10-22-17-15(16(18)21-22)11-14(12-20-17)13-6-8-19-9-7-13/h6-9,11-12H,2-5,10H2,1H3,(H2,18,21). The van der Waals surface area contributed by atoms with Crippen molar-refractivity contribution in [2.75, 3.05) is 5.73 Å². The van der Waals surface area contributed by atoms with Crippen LogP contribution in [-0.2, 0) is 6.54 Å². The smallest absolute Gasteiger partial charge is 0.159 e. The number of unbranched alkanes of at least 4 members (excludes halogenated alkanes) is 3. The first kappa shape index (κ1) is 14.5. The van der Waals surface area contributed by atoms with Gasteiger partial charge in [0.2, 0.25) is 0 Å². The molecular formula is C17H21N5. The maximum atomic E-state index is 6.07. The van der Waals surface area contributed by atoms with Gasteiger partial charge in [-0.25, -0.2) is 9.67 Å². The molecule has 0 radical (unpaired) electrons. The lowest BCUT2D eigenvalue weighted by molar-refractivity contribution is 0.552. The average molecular weight is 295 g/mol. The average Bonchev–Trinajstić information content (AvgIpc) is 2.88. The van der Waals surface area contributed by atoms with Crippen LogP contribution in [-0.4, -0.2) is 19.7 Å². The lowest BCUT2D eigenvalue weighted by Gasteiger charge is -2.04. The molecule has 3 rings (SSSR count). The number of fused-ring (bicyclic) bond motifs is 1. The number of anilines is 1. The number of pyridine rings is 2. The first-order valence-corrected chi connectivity index (χ1v) is 7.82. The number of rotatable bonds is 6. The lowest BCUT2D eigenvalue weighted by atomic mass is 10.1. The minimum atomic E-state index is 0.550. The molecule has 0 fully saturated rings. The molecule has 22 heavy (non-hydrogen) atoms. The van der Waals surface area contributed by atoms with E-state index in [1.54, 1.807) is 12.4 Å². The predicted octanol–water partition coefficient (Wildman–Crippen LogP) is 3.66. The molecule has 114 valence electrons. The van der Waals surface area contributed by atoms with Gasteiger partial charge in [-0.2, -0.15) is 5.10 Å². The van der Waals surface area contributed by atoms with Crippen molar-refractivity contribution in [3.05, 3.63) is 36.8 Å². The van der Waals surface area contributed by atoms with Crippen molar-refractivity contribution in [2.24, 2.45) is 0 Å². The van der Waals surface area contributed by atoms with E-state index in [-0.39, 0.29) is 0 Å². The van der Waals surface area contributed by atoms with Gasteiger partial charge in [0.1, 0.15) is 0 Å². The van der Waals surface area contributed by atoms with Crippen molar-refractivity contribution in [1.82, 2.24) is 19.7 Å². The summed E-state index contributed by atoms with van der Waals surface area (Å²) in [4.78, 5) is 8.62. The molecule has 0 aliphatic rings. The minimum Gasteiger partial charge on any atom is -0.382 e. The van der Waals surface area contributed by atoms with Gasteiger partial charge < -0.3 is 5.73 Å². The SMILES string of the molecule is CCCCCCn1nc(N)c2cc(-c3ccncc3)cnc21. The fraction of sp³-hybridized carbons (Fsp3) is 0.353. The molecule has 5 heteroatoms. The Balaban J connectivity index is 1.88. The molecule has 0 bridgehead atoms. The highest BCUT2D eigenvalue weighted by Gasteiger charge is 2.10. The molecular weight excluding hydrogens is 274 g/mol. The Bertz CT molecular complexity index is 748. The van der Waals surface area contributed by atoms with Crippen LogP contribution in [0.15, 0.2) is 36.8 Å². The van der Waals surface area contributed by atoms with Gasteiger partial charge in [0.25, 0.3) is 0 Å². The van der Waals surface area contributed by atoms with E-state index in [0.717, 1.165) is 35.1 Å². The number of aryl methyl sites for hydroxylation is 1. The zero-order valence-electron chi connectivity index (χ0n) is 12.9. The maximum absolute atomic E-state index is 6.07. The Morgan fingerprint density at radius 1 is 1.09 bits per heavy atom. The second kappa shape index (κ2) is 6.56. The molecule has 0 saturated carbocycles. The maximum Gasteiger partial charge on any atom is 0.159 e. The molecule has 0 atom stereocenters. The molecule has 3 aromatic heterocycles. The van der Waals surface area contributed by atoms with Crippen LogP contribution in [0.1, 0.15) is 32.6 Å². The van der Waals surface area contributed by atoms with E-state index in [1.165, 1.54) is 19.3 Å². The molecule has 0 unspecified atom stereocenters. The summed E-state index contributed by atoms with van der Waals surface area (Å²) in [5.74, 6) is 0.550. The van der Waals surface area contributed by atoms with Crippen molar-refractivity contribution in [3.8, 4) is 11.1 Å². The Morgan fingerprint density at radius 3 is 2.68 bits per heavy atom.